The topological polar surface area (TPSA) is 29.1 Å². The van der Waals surface area contributed by atoms with Crippen LogP contribution in [0.15, 0.2) is 0 Å². The second kappa shape index (κ2) is 8.41. The van der Waals surface area contributed by atoms with Crippen LogP contribution in [-0.2, 0) is 4.79 Å². The van der Waals surface area contributed by atoms with Crippen molar-refractivity contribution in [2.24, 2.45) is 0 Å². The number of alkyl halides is 1. The zero-order chi connectivity index (χ0) is 12.6. The molecule has 1 saturated carbocycles. The second-order valence-electron chi connectivity index (χ2n) is 4.87. The molecule has 0 bridgehead atoms. The SMILES string of the molecule is CSC1(CNC(=O)CCCCBr)CCCCC1. The van der Waals surface area contributed by atoms with E-state index in [-0.39, 0.29) is 5.91 Å². The summed E-state index contributed by atoms with van der Waals surface area (Å²) in [6.07, 6.45) is 11.5. The van der Waals surface area contributed by atoms with E-state index in [0.717, 1.165) is 24.7 Å². The number of rotatable bonds is 7. The summed E-state index contributed by atoms with van der Waals surface area (Å²) in [7, 11) is 0. The Balaban J connectivity index is 2.24. The zero-order valence-corrected chi connectivity index (χ0v) is 13.2. The van der Waals surface area contributed by atoms with E-state index in [9.17, 15) is 4.79 Å². The minimum absolute atomic E-state index is 0.227. The Labute approximate surface area is 118 Å². The molecule has 17 heavy (non-hydrogen) atoms. The Morgan fingerprint density at radius 3 is 2.59 bits per heavy atom. The van der Waals surface area contributed by atoms with Crippen molar-refractivity contribution in [1.82, 2.24) is 5.32 Å². The number of carbonyl (C=O) groups is 1. The van der Waals surface area contributed by atoms with Gasteiger partial charge in [0.1, 0.15) is 0 Å². The van der Waals surface area contributed by atoms with E-state index < -0.39 is 0 Å². The fraction of sp³-hybridized carbons (Fsp3) is 0.923. The maximum Gasteiger partial charge on any atom is 0.220 e. The Kier molecular flexibility index (Phi) is 7.60. The first-order valence-corrected chi connectivity index (χ1v) is 8.95. The molecular formula is C13H24BrNOS. The quantitative estimate of drug-likeness (QED) is 0.571. The lowest BCUT2D eigenvalue weighted by Gasteiger charge is -2.35. The molecule has 1 rings (SSSR count). The highest BCUT2D eigenvalue weighted by molar-refractivity contribution is 9.09. The third-order valence-corrected chi connectivity index (χ3v) is 5.57. The van der Waals surface area contributed by atoms with E-state index in [1.54, 1.807) is 0 Å². The highest BCUT2D eigenvalue weighted by Crippen LogP contribution is 2.37. The first-order chi connectivity index (χ1) is 8.22. The second-order valence-corrected chi connectivity index (χ2v) is 6.94. The van der Waals surface area contributed by atoms with E-state index in [4.69, 9.17) is 0 Å². The Bertz CT molecular complexity index is 229. The molecule has 2 nitrogen and oxygen atoms in total. The summed E-state index contributed by atoms with van der Waals surface area (Å²) < 4.78 is 0.323. The number of halogens is 1. The predicted molar refractivity (Wildman–Crippen MR) is 80.0 cm³/mol. The standard InChI is InChI=1S/C13H24BrNOS/c1-17-13(8-4-2-5-9-13)11-15-12(16)7-3-6-10-14/h2-11H2,1H3,(H,15,16). The van der Waals surface area contributed by atoms with Gasteiger partial charge in [0, 0.05) is 23.0 Å². The summed E-state index contributed by atoms with van der Waals surface area (Å²) in [5.74, 6) is 0.227. The van der Waals surface area contributed by atoms with Gasteiger partial charge >= 0.3 is 0 Å². The van der Waals surface area contributed by atoms with Gasteiger partial charge in [0.15, 0.2) is 0 Å². The largest absolute Gasteiger partial charge is 0.355 e. The smallest absolute Gasteiger partial charge is 0.220 e. The van der Waals surface area contributed by atoms with Crippen LogP contribution in [-0.4, -0.2) is 28.8 Å². The lowest BCUT2D eigenvalue weighted by atomic mass is 9.88. The number of carbonyl (C=O) groups excluding carboxylic acids is 1. The summed E-state index contributed by atoms with van der Waals surface area (Å²) in [5, 5.41) is 4.12. The average Bonchev–Trinajstić information content (AvgIpc) is 2.38. The molecule has 1 aliphatic carbocycles. The van der Waals surface area contributed by atoms with E-state index in [0.29, 0.717) is 11.2 Å². The lowest BCUT2D eigenvalue weighted by molar-refractivity contribution is -0.121. The number of hydrogen-bond acceptors (Lipinski definition) is 2. The van der Waals surface area contributed by atoms with Crippen LogP contribution in [0.5, 0.6) is 0 Å². The van der Waals surface area contributed by atoms with E-state index in [1.807, 2.05) is 11.8 Å². The van der Waals surface area contributed by atoms with Gasteiger partial charge in [-0.15, -0.1) is 0 Å². The van der Waals surface area contributed by atoms with Gasteiger partial charge in [0.25, 0.3) is 0 Å². The average molecular weight is 322 g/mol. The summed E-state index contributed by atoms with van der Waals surface area (Å²) >= 11 is 5.33. The fourth-order valence-electron chi connectivity index (χ4n) is 2.38. The van der Waals surface area contributed by atoms with Crippen molar-refractivity contribution in [3.63, 3.8) is 0 Å². The first kappa shape index (κ1) is 15.4. The Morgan fingerprint density at radius 1 is 1.29 bits per heavy atom. The van der Waals surface area contributed by atoms with E-state index >= 15 is 0 Å². The van der Waals surface area contributed by atoms with E-state index in [2.05, 4.69) is 27.5 Å². The number of hydrogen-bond donors (Lipinski definition) is 1. The normalized spacial score (nSPS) is 18.9. The van der Waals surface area contributed by atoms with Gasteiger partial charge in [-0.05, 0) is 31.9 Å². The van der Waals surface area contributed by atoms with Gasteiger partial charge in [0.05, 0.1) is 0 Å². The number of unbranched alkanes of at least 4 members (excludes halogenated alkanes) is 1. The van der Waals surface area contributed by atoms with Crippen molar-refractivity contribution in [1.29, 1.82) is 0 Å². The molecular weight excluding hydrogens is 298 g/mol. The molecule has 100 valence electrons. The third kappa shape index (κ3) is 5.64. The molecule has 0 radical (unpaired) electrons. The Morgan fingerprint density at radius 2 is 2.00 bits per heavy atom. The summed E-state index contributed by atoms with van der Waals surface area (Å²) in [4.78, 5) is 11.7. The minimum atomic E-state index is 0.227. The number of nitrogens with one attached hydrogen (secondary N) is 1. The van der Waals surface area contributed by atoms with Crippen LogP contribution in [0.3, 0.4) is 0 Å². The van der Waals surface area contributed by atoms with Crippen LogP contribution in [0.25, 0.3) is 0 Å². The lowest BCUT2D eigenvalue weighted by Crippen LogP contribution is -2.41. The van der Waals surface area contributed by atoms with Gasteiger partial charge in [0.2, 0.25) is 5.91 Å². The molecule has 1 N–H and O–H groups in total. The maximum atomic E-state index is 11.7. The van der Waals surface area contributed by atoms with Crippen molar-refractivity contribution in [2.45, 2.75) is 56.1 Å². The molecule has 0 aliphatic heterocycles. The fourth-order valence-corrected chi connectivity index (χ4v) is 3.69. The summed E-state index contributed by atoms with van der Waals surface area (Å²) in [6, 6.07) is 0. The highest BCUT2D eigenvalue weighted by atomic mass is 79.9. The van der Waals surface area contributed by atoms with Crippen LogP contribution >= 0.6 is 27.7 Å². The molecule has 0 heterocycles. The molecule has 0 unspecified atom stereocenters. The number of thioether (sulfide) groups is 1. The van der Waals surface area contributed by atoms with Crippen LogP contribution in [0.1, 0.15) is 51.4 Å². The van der Waals surface area contributed by atoms with E-state index in [1.165, 1.54) is 32.1 Å². The van der Waals surface area contributed by atoms with Crippen LogP contribution < -0.4 is 5.32 Å². The summed E-state index contributed by atoms with van der Waals surface area (Å²) in [5.41, 5.74) is 0. The van der Waals surface area contributed by atoms with Crippen molar-refractivity contribution in [3.05, 3.63) is 0 Å². The van der Waals surface area contributed by atoms with Crippen molar-refractivity contribution >= 4 is 33.6 Å². The zero-order valence-electron chi connectivity index (χ0n) is 10.8. The molecule has 1 aliphatic rings. The van der Waals surface area contributed by atoms with Crippen LogP contribution in [0.2, 0.25) is 0 Å². The monoisotopic (exact) mass is 321 g/mol. The Hall–Kier alpha value is 0.300. The van der Waals surface area contributed by atoms with Gasteiger partial charge in [-0.25, -0.2) is 0 Å². The molecule has 4 heteroatoms. The first-order valence-electron chi connectivity index (χ1n) is 6.60. The molecule has 0 spiro atoms. The molecule has 0 saturated heterocycles. The number of amides is 1. The van der Waals surface area contributed by atoms with Crippen molar-refractivity contribution in [2.75, 3.05) is 18.1 Å². The van der Waals surface area contributed by atoms with Gasteiger partial charge < -0.3 is 5.32 Å². The minimum Gasteiger partial charge on any atom is -0.355 e. The summed E-state index contributed by atoms with van der Waals surface area (Å²) in [6.45, 7) is 0.862. The maximum absolute atomic E-state index is 11.7. The van der Waals surface area contributed by atoms with Crippen molar-refractivity contribution < 1.29 is 4.79 Å². The van der Waals surface area contributed by atoms with Crippen molar-refractivity contribution in [3.8, 4) is 0 Å². The molecule has 0 aromatic heterocycles. The van der Waals surface area contributed by atoms with Crippen LogP contribution in [0.4, 0.5) is 0 Å². The van der Waals surface area contributed by atoms with Gasteiger partial charge in [-0.2, -0.15) is 11.8 Å². The molecule has 0 aromatic rings. The highest BCUT2D eigenvalue weighted by Gasteiger charge is 2.31. The van der Waals surface area contributed by atoms with Gasteiger partial charge in [-0.3, -0.25) is 4.79 Å². The molecule has 0 aromatic carbocycles. The van der Waals surface area contributed by atoms with Crippen LogP contribution in [0, 0.1) is 0 Å². The molecule has 1 fully saturated rings. The third-order valence-electron chi connectivity index (χ3n) is 3.59. The molecule has 1 amide bonds. The molecule has 0 atom stereocenters. The van der Waals surface area contributed by atoms with Gasteiger partial charge in [-0.1, -0.05) is 35.2 Å². The predicted octanol–water partition coefficient (Wildman–Crippen LogP) is 3.73.